The highest BCUT2D eigenvalue weighted by Crippen LogP contribution is 2.29. The Balaban J connectivity index is 3.14. The van der Waals surface area contributed by atoms with Crippen molar-refractivity contribution in [2.75, 3.05) is 23.7 Å². The number of nitrogens with zero attached hydrogens (tertiary/aromatic N) is 1. The largest absolute Gasteiger partial charge is 0.353 e. The minimum atomic E-state index is -3.47. The molecule has 0 saturated carbocycles. The van der Waals surface area contributed by atoms with Crippen molar-refractivity contribution < 1.29 is 13.2 Å². The standard InChI is InChI=1S/C17H26N2O3S/c1-5-12-18-16(20)11-13-19(23(4,21)22)17-14(6-2)9-8-10-15(17)7-3/h5,8-10H,1,6-7,11-13H2,2-4H3,(H,18,20). The number of anilines is 1. The third-order valence-electron chi connectivity index (χ3n) is 3.60. The number of hydrogen-bond donors (Lipinski definition) is 1. The van der Waals surface area contributed by atoms with Crippen LogP contribution in [0.4, 0.5) is 5.69 Å². The molecule has 0 spiro atoms. The Labute approximate surface area is 139 Å². The van der Waals surface area contributed by atoms with Gasteiger partial charge in [0.25, 0.3) is 0 Å². The predicted octanol–water partition coefficient (Wildman–Crippen LogP) is 2.27. The number of carbonyl (C=O) groups excluding carboxylic acids is 1. The lowest BCUT2D eigenvalue weighted by molar-refractivity contribution is -0.120. The zero-order chi connectivity index (χ0) is 17.5. The molecule has 1 aromatic carbocycles. The van der Waals surface area contributed by atoms with Crippen molar-refractivity contribution in [3.8, 4) is 0 Å². The molecule has 0 unspecified atom stereocenters. The van der Waals surface area contributed by atoms with Crippen LogP contribution in [-0.2, 0) is 27.7 Å². The highest BCUT2D eigenvalue weighted by atomic mass is 32.2. The molecule has 0 aliphatic carbocycles. The van der Waals surface area contributed by atoms with Crippen LogP contribution >= 0.6 is 0 Å². The van der Waals surface area contributed by atoms with Crippen LogP contribution < -0.4 is 9.62 Å². The highest BCUT2D eigenvalue weighted by molar-refractivity contribution is 7.92. The van der Waals surface area contributed by atoms with Crippen molar-refractivity contribution in [1.82, 2.24) is 5.32 Å². The van der Waals surface area contributed by atoms with E-state index in [9.17, 15) is 13.2 Å². The number of hydrogen-bond acceptors (Lipinski definition) is 3. The van der Waals surface area contributed by atoms with E-state index in [1.807, 2.05) is 32.0 Å². The minimum Gasteiger partial charge on any atom is -0.353 e. The fraction of sp³-hybridized carbons (Fsp3) is 0.471. The van der Waals surface area contributed by atoms with E-state index >= 15 is 0 Å². The molecule has 0 aromatic heterocycles. The molecule has 6 heteroatoms. The maximum absolute atomic E-state index is 12.3. The number of aryl methyl sites for hydroxylation is 2. The second kappa shape index (κ2) is 8.72. The topological polar surface area (TPSA) is 66.5 Å². The summed E-state index contributed by atoms with van der Waals surface area (Å²) in [5, 5.41) is 2.67. The first-order chi connectivity index (χ1) is 10.8. The van der Waals surface area contributed by atoms with E-state index in [0.717, 1.165) is 29.7 Å². The van der Waals surface area contributed by atoms with Gasteiger partial charge in [-0.15, -0.1) is 6.58 Å². The molecule has 0 aliphatic heterocycles. The number of amides is 1. The van der Waals surface area contributed by atoms with Crippen molar-refractivity contribution in [1.29, 1.82) is 0 Å². The van der Waals surface area contributed by atoms with Crippen molar-refractivity contribution in [2.45, 2.75) is 33.1 Å². The van der Waals surface area contributed by atoms with Crippen LogP contribution in [0.15, 0.2) is 30.9 Å². The van der Waals surface area contributed by atoms with E-state index in [0.29, 0.717) is 6.54 Å². The highest BCUT2D eigenvalue weighted by Gasteiger charge is 2.23. The quantitative estimate of drug-likeness (QED) is 0.703. The monoisotopic (exact) mass is 338 g/mol. The Kier molecular flexibility index (Phi) is 7.29. The van der Waals surface area contributed by atoms with Crippen LogP contribution in [-0.4, -0.2) is 33.7 Å². The molecular formula is C17H26N2O3S. The summed E-state index contributed by atoms with van der Waals surface area (Å²) in [5.41, 5.74) is 2.67. The van der Waals surface area contributed by atoms with Crippen molar-refractivity contribution in [3.63, 3.8) is 0 Å². The van der Waals surface area contributed by atoms with Crippen LogP contribution in [0.3, 0.4) is 0 Å². The fourth-order valence-corrected chi connectivity index (χ4v) is 3.45. The van der Waals surface area contributed by atoms with E-state index in [2.05, 4.69) is 11.9 Å². The molecule has 5 nitrogen and oxygen atoms in total. The van der Waals surface area contributed by atoms with Crippen LogP contribution in [0.5, 0.6) is 0 Å². The SMILES string of the molecule is C=CCNC(=O)CCN(c1c(CC)cccc1CC)S(C)(=O)=O. The van der Waals surface area contributed by atoms with Crippen molar-refractivity contribution in [3.05, 3.63) is 42.0 Å². The van der Waals surface area contributed by atoms with Crippen LogP contribution in [0.1, 0.15) is 31.4 Å². The van der Waals surface area contributed by atoms with Gasteiger partial charge in [-0.3, -0.25) is 9.10 Å². The molecule has 128 valence electrons. The summed E-state index contributed by atoms with van der Waals surface area (Å²) >= 11 is 0. The third-order valence-corrected chi connectivity index (χ3v) is 4.77. The van der Waals surface area contributed by atoms with Gasteiger partial charge in [0.1, 0.15) is 0 Å². The number of carbonyl (C=O) groups is 1. The van der Waals surface area contributed by atoms with Crippen LogP contribution in [0.2, 0.25) is 0 Å². The van der Waals surface area contributed by atoms with Gasteiger partial charge in [0.05, 0.1) is 11.9 Å². The Bertz CT molecular complexity index is 632. The zero-order valence-corrected chi connectivity index (χ0v) is 14.9. The maximum atomic E-state index is 12.3. The summed E-state index contributed by atoms with van der Waals surface area (Å²) in [4.78, 5) is 11.8. The molecule has 0 atom stereocenters. The van der Waals surface area contributed by atoms with Gasteiger partial charge in [-0.1, -0.05) is 38.1 Å². The fourth-order valence-electron chi connectivity index (χ4n) is 2.46. The normalized spacial score (nSPS) is 11.1. The summed E-state index contributed by atoms with van der Waals surface area (Å²) < 4.78 is 25.9. The number of sulfonamides is 1. The summed E-state index contributed by atoms with van der Waals surface area (Å²) in [7, 11) is -3.47. The lowest BCUT2D eigenvalue weighted by Crippen LogP contribution is -2.36. The van der Waals surface area contributed by atoms with Gasteiger partial charge in [-0.2, -0.15) is 0 Å². The lowest BCUT2D eigenvalue weighted by atomic mass is 10.0. The summed E-state index contributed by atoms with van der Waals surface area (Å²) in [5.74, 6) is -0.189. The summed E-state index contributed by atoms with van der Waals surface area (Å²) in [6, 6.07) is 5.81. The second-order valence-electron chi connectivity index (χ2n) is 5.31. The van der Waals surface area contributed by atoms with Gasteiger partial charge in [0.15, 0.2) is 0 Å². The van der Waals surface area contributed by atoms with Gasteiger partial charge < -0.3 is 5.32 Å². The van der Waals surface area contributed by atoms with Gasteiger partial charge in [0, 0.05) is 19.5 Å². The molecule has 1 N–H and O–H groups in total. The average molecular weight is 338 g/mol. The predicted molar refractivity (Wildman–Crippen MR) is 95.2 cm³/mol. The van der Waals surface area contributed by atoms with Crippen LogP contribution in [0.25, 0.3) is 0 Å². The first-order valence-electron chi connectivity index (χ1n) is 7.81. The van der Waals surface area contributed by atoms with E-state index in [1.54, 1.807) is 6.08 Å². The van der Waals surface area contributed by atoms with Crippen LogP contribution in [0, 0.1) is 0 Å². The molecule has 1 amide bonds. The molecule has 1 aromatic rings. The van der Waals surface area contributed by atoms with E-state index in [-0.39, 0.29) is 18.9 Å². The molecule has 1 rings (SSSR count). The molecule has 0 radical (unpaired) electrons. The minimum absolute atomic E-state index is 0.113. The zero-order valence-electron chi connectivity index (χ0n) is 14.1. The van der Waals surface area contributed by atoms with Gasteiger partial charge in [-0.25, -0.2) is 8.42 Å². The molecule has 0 saturated heterocycles. The maximum Gasteiger partial charge on any atom is 0.232 e. The average Bonchev–Trinajstić information content (AvgIpc) is 2.51. The second-order valence-corrected chi connectivity index (χ2v) is 7.22. The third kappa shape index (κ3) is 5.39. The van der Waals surface area contributed by atoms with Crippen molar-refractivity contribution in [2.24, 2.45) is 0 Å². The number of rotatable bonds is 9. The molecule has 0 heterocycles. The first kappa shape index (κ1) is 19.2. The Morgan fingerprint density at radius 3 is 2.26 bits per heavy atom. The lowest BCUT2D eigenvalue weighted by Gasteiger charge is -2.27. The molecule has 0 fully saturated rings. The number of para-hydroxylation sites is 1. The van der Waals surface area contributed by atoms with Gasteiger partial charge in [0.2, 0.25) is 15.9 Å². The molecule has 23 heavy (non-hydrogen) atoms. The first-order valence-corrected chi connectivity index (χ1v) is 9.66. The van der Waals surface area contributed by atoms with E-state index in [1.165, 1.54) is 10.6 Å². The summed E-state index contributed by atoms with van der Waals surface area (Å²) in [6.07, 6.45) is 4.35. The molecule has 0 aliphatic rings. The molecule has 0 bridgehead atoms. The Morgan fingerprint density at radius 2 is 1.83 bits per heavy atom. The van der Waals surface area contributed by atoms with Crippen molar-refractivity contribution >= 4 is 21.6 Å². The Hall–Kier alpha value is -1.82. The van der Waals surface area contributed by atoms with E-state index < -0.39 is 10.0 Å². The Morgan fingerprint density at radius 1 is 1.26 bits per heavy atom. The summed E-state index contributed by atoms with van der Waals surface area (Å²) in [6.45, 7) is 8.04. The van der Waals surface area contributed by atoms with E-state index in [4.69, 9.17) is 0 Å². The molecular weight excluding hydrogens is 312 g/mol. The van der Waals surface area contributed by atoms with Gasteiger partial charge >= 0.3 is 0 Å². The number of nitrogens with one attached hydrogen (secondary N) is 1. The number of benzene rings is 1. The smallest absolute Gasteiger partial charge is 0.232 e. The van der Waals surface area contributed by atoms with Gasteiger partial charge in [-0.05, 0) is 24.0 Å².